The molecule has 30 heavy (non-hydrogen) atoms. The molecule has 0 atom stereocenters. The molecular weight excluding hydrogens is 525 g/mol. The fourth-order valence-corrected chi connectivity index (χ4v) is 3.97. The van der Waals surface area contributed by atoms with E-state index < -0.39 is 21.9 Å². The molecule has 4 N–H and O–H groups in total. The summed E-state index contributed by atoms with van der Waals surface area (Å²) in [6.07, 6.45) is -0.395. The van der Waals surface area contributed by atoms with E-state index in [0.29, 0.717) is 31.4 Å². The first-order chi connectivity index (χ1) is 14.1. The summed E-state index contributed by atoms with van der Waals surface area (Å²) in [6.45, 7) is 1.80. The minimum Gasteiger partial charge on any atom is -0.422 e. The van der Waals surface area contributed by atoms with Crippen molar-refractivity contribution < 1.29 is 22.4 Å². The number of hydrogen-bond acceptors (Lipinski definition) is 6. The first-order valence-electron chi connectivity index (χ1n) is 8.62. The number of benzene rings is 2. The Labute approximate surface area is 185 Å². The molecule has 0 aliphatic heterocycles. The molecule has 0 unspecified atom stereocenters. The third-order valence-corrected chi connectivity index (χ3v) is 5.68. The number of nitrogens with one attached hydrogen (secondary N) is 2. The van der Waals surface area contributed by atoms with Crippen LogP contribution in [-0.4, -0.2) is 21.6 Å². The fraction of sp³-hybridized carbons (Fsp3) is 0.158. The molecule has 3 aromatic rings. The van der Waals surface area contributed by atoms with Crippen LogP contribution in [0.15, 0.2) is 45.6 Å². The Kier molecular flexibility index (Phi) is 6.33. The molecular formula is C19H18IN3O6S. The molecule has 0 bridgehead atoms. The van der Waals surface area contributed by atoms with Gasteiger partial charge in [-0.15, -0.1) is 0 Å². The van der Waals surface area contributed by atoms with Crippen molar-refractivity contribution in [3.63, 3.8) is 0 Å². The summed E-state index contributed by atoms with van der Waals surface area (Å²) in [5, 5.41) is 8.07. The van der Waals surface area contributed by atoms with E-state index in [0.717, 1.165) is 5.56 Å². The van der Waals surface area contributed by atoms with Crippen LogP contribution in [0.3, 0.4) is 0 Å². The highest BCUT2D eigenvalue weighted by molar-refractivity contribution is 14.1. The number of rotatable bonds is 5. The van der Waals surface area contributed by atoms with Crippen LogP contribution in [0.2, 0.25) is 0 Å². The predicted octanol–water partition coefficient (Wildman–Crippen LogP) is 2.63. The van der Waals surface area contributed by atoms with Crippen molar-refractivity contribution in [2.45, 2.75) is 13.3 Å². The number of hydrogen-bond donors (Lipinski definition) is 3. The Morgan fingerprint density at radius 1 is 1.27 bits per heavy atom. The van der Waals surface area contributed by atoms with Gasteiger partial charge in [0.2, 0.25) is 0 Å². The molecule has 0 aliphatic rings. The first-order valence-corrected chi connectivity index (χ1v) is 11.2. The lowest BCUT2D eigenvalue weighted by molar-refractivity contribution is 0.202. The van der Waals surface area contributed by atoms with E-state index >= 15 is 0 Å². The second-order valence-electron chi connectivity index (χ2n) is 6.44. The molecule has 11 heteroatoms. The maximum atomic E-state index is 12.6. The maximum absolute atomic E-state index is 12.6. The van der Waals surface area contributed by atoms with E-state index in [2.05, 4.69) is 10.0 Å². The second kappa shape index (κ2) is 8.62. The minimum atomic E-state index is -3.90. The number of fused-ring (bicyclic) bond motifs is 1. The van der Waals surface area contributed by atoms with Crippen LogP contribution in [0, 0.1) is 10.5 Å². The van der Waals surface area contributed by atoms with Gasteiger partial charge in [0.05, 0.1) is 9.26 Å². The molecule has 1 aromatic heterocycles. The zero-order valence-electron chi connectivity index (χ0n) is 16.0. The van der Waals surface area contributed by atoms with E-state index in [1.54, 1.807) is 37.3 Å². The molecule has 0 saturated carbocycles. The molecule has 1 amide bonds. The van der Waals surface area contributed by atoms with Gasteiger partial charge in [-0.1, -0.05) is 12.1 Å². The molecule has 2 aromatic carbocycles. The van der Waals surface area contributed by atoms with Crippen molar-refractivity contribution in [2.24, 2.45) is 5.14 Å². The van der Waals surface area contributed by atoms with Gasteiger partial charge in [-0.2, -0.15) is 8.42 Å². The molecule has 0 aliphatic carbocycles. The highest BCUT2D eigenvalue weighted by atomic mass is 127. The van der Waals surface area contributed by atoms with Crippen molar-refractivity contribution in [2.75, 3.05) is 11.8 Å². The van der Waals surface area contributed by atoms with Crippen LogP contribution < -0.4 is 25.5 Å². The van der Waals surface area contributed by atoms with Crippen LogP contribution in [0.1, 0.15) is 16.7 Å². The number of amides is 1. The van der Waals surface area contributed by atoms with Gasteiger partial charge < -0.3 is 14.5 Å². The number of carbonyl (C=O) groups excluding carboxylic acids is 1. The summed E-state index contributed by atoms with van der Waals surface area (Å²) < 4.78 is 36.0. The smallest absolute Gasteiger partial charge is 0.412 e. The second-order valence-corrected chi connectivity index (χ2v) is 8.89. The molecule has 158 valence electrons. The lowest BCUT2D eigenvalue weighted by Gasteiger charge is -2.12. The average Bonchev–Trinajstić information content (AvgIpc) is 2.65. The lowest BCUT2D eigenvalue weighted by Crippen LogP contribution is -2.22. The third-order valence-electron chi connectivity index (χ3n) is 4.31. The van der Waals surface area contributed by atoms with Crippen LogP contribution in [-0.2, 0) is 16.6 Å². The number of carbonyl (C=O) groups is 1. The summed E-state index contributed by atoms with van der Waals surface area (Å²) in [7, 11) is -2.46. The van der Waals surface area contributed by atoms with Gasteiger partial charge in [0, 0.05) is 30.5 Å². The number of ether oxygens (including phenoxy) is 1. The molecule has 0 fully saturated rings. The number of halogens is 1. The van der Waals surface area contributed by atoms with Gasteiger partial charge in [-0.25, -0.2) is 14.7 Å². The van der Waals surface area contributed by atoms with E-state index in [4.69, 9.17) is 14.3 Å². The molecule has 1 heterocycles. The van der Waals surface area contributed by atoms with Crippen molar-refractivity contribution in [3.8, 4) is 5.75 Å². The fourth-order valence-electron chi connectivity index (χ4n) is 2.94. The topological polar surface area (TPSA) is 141 Å². The van der Waals surface area contributed by atoms with Gasteiger partial charge in [0.1, 0.15) is 11.3 Å². The summed E-state index contributed by atoms with van der Waals surface area (Å²) in [4.78, 5) is 24.1. The summed E-state index contributed by atoms with van der Waals surface area (Å²) in [5.74, 6) is 0.277. The van der Waals surface area contributed by atoms with Crippen molar-refractivity contribution in [3.05, 3.63) is 67.1 Å². The SMILES string of the molecule is CNC(=O)Oc1cc2oc(=O)c(Cc3cccc(NS(N)(=O)=O)c3)c(C)c2cc1I. The van der Waals surface area contributed by atoms with Crippen LogP contribution in [0.5, 0.6) is 5.75 Å². The number of anilines is 1. The molecule has 0 spiro atoms. The zero-order chi connectivity index (χ0) is 22.1. The molecule has 0 radical (unpaired) electrons. The Morgan fingerprint density at radius 2 is 2.00 bits per heavy atom. The van der Waals surface area contributed by atoms with Crippen molar-refractivity contribution >= 4 is 55.6 Å². The maximum Gasteiger partial charge on any atom is 0.412 e. The van der Waals surface area contributed by atoms with Crippen molar-refractivity contribution in [1.29, 1.82) is 0 Å². The Bertz CT molecular complexity index is 1300. The van der Waals surface area contributed by atoms with Gasteiger partial charge in [0.15, 0.2) is 0 Å². The van der Waals surface area contributed by atoms with Gasteiger partial charge in [-0.05, 0) is 58.8 Å². The molecule has 3 rings (SSSR count). The Morgan fingerprint density at radius 3 is 2.67 bits per heavy atom. The largest absolute Gasteiger partial charge is 0.422 e. The summed E-state index contributed by atoms with van der Waals surface area (Å²) in [5.41, 5.74) is 1.92. The Balaban J connectivity index is 2.02. The van der Waals surface area contributed by atoms with Crippen LogP contribution in [0.4, 0.5) is 10.5 Å². The van der Waals surface area contributed by atoms with E-state index in [1.807, 2.05) is 22.6 Å². The van der Waals surface area contributed by atoms with E-state index in [9.17, 15) is 18.0 Å². The normalized spacial score (nSPS) is 11.3. The zero-order valence-corrected chi connectivity index (χ0v) is 19.0. The minimum absolute atomic E-state index is 0.233. The standard InChI is InChI=1S/C19H18IN3O6S/c1-10-13-8-15(20)17(29-19(25)22-2)9-16(13)28-18(24)14(10)7-11-4-3-5-12(6-11)23-30(21,26)27/h3-6,8-9,23H,7H2,1-2H3,(H,22,25)(H2,21,26,27). The number of aryl methyl sites for hydroxylation is 1. The van der Waals surface area contributed by atoms with Gasteiger partial charge in [0.25, 0.3) is 10.2 Å². The van der Waals surface area contributed by atoms with Gasteiger partial charge in [-0.3, -0.25) is 4.72 Å². The first kappa shape index (κ1) is 22.1. The molecule has 9 nitrogen and oxygen atoms in total. The Hall–Kier alpha value is -2.64. The van der Waals surface area contributed by atoms with Crippen LogP contribution >= 0.6 is 22.6 Å². The monoisotopic (exact) mass is 543 g/mol. The van der Waals surface area contributed by atoms with E-state index in [1.165, 1.54) is 13.1 Å². The van der Waals surface area contributed by atoms with Crippen LogP contribution in [0.25, 0.3) is 11.0 Å². The highest BCUT2D eigenvalue weighted by Crippen LogP contribution is 2.30. The summed E-state index contributed by atoms with van der Waals surface area (Å²) >= 11 is 2.03. The summed E-state index contributed by atoms with van der Waals surface area (Å²) in [6, 6.07) is 9.85. The van der Waals surface area contributed by atoms with Crippen molar-refractivity contribution in [1.82, 2.24) is 5.32 Å². The number of nitrogens with two attached hydrogens (primary N) is 1. The highest BCUT2D eigenvalue weighted by Gasteiger charge is 2.16. The lowest BCUT2D eigenvalue weighted by atomic mass is 9.99. The van der Waals surface area contributed by atoms with Gasteiger partial charge >= 0.3 is 11.7 Å². The average molecular weight is 543 g/mol. The predicted molar refractivity (Wildman–Crippen MR) is 121 cm³/mol. The molecule has 0 saturated heterocycles. The quantitative estimate of drug-likeness (QED) is 0.334. The third kappa shape index (κ3) is 5.09. The van der Waals surface area contributed by atoms with E-state index in [-0.39, 0.29) is 12.2 Å².